The highest BCUT2D eigenvalue weighted by Gasteiger charge is 2.10. The van der Waals surface area contributed by atoms with Crippen LogP contribution in [0, 0.1) is 0 Å². The molecular weight excluding hydrogens is 328 g/mol. The number of aromatic nitrogens is 2. The summed E-state index contributed by atoms with van der Waals surface area (Å²) in [5, 5.41) is 4.65. The minimum Gasteiger partial charge on any atom is -0.334 e. The fraction of sp³-hybridized carbons (Fsp3) is 0. The van der Waals surface area contributed by atoms with Crippen molar-refractivity contribution < 1.29 is 4.52 Å². The highest BCUT2D eigenvalue weighted by atomic mass is 79.9. The van der Waals surface area contributed by atoms with Gasteiger partial charge in [0, 0.05) is 20.6 Å². The van der Waals surface area contributed by atoms with Crippen LogP contribution in [0.1, 0.15) is 0 Å². The summed E-state index contributed by atoms with van der Waals surface area (Å²) in [6.07, 6.45) is 0. The molecule has 1 heterocycles. The molecule has 19 heavy (non-hydrogen) atoms. The zero-order valence-corrected chi connectivity index (χ0v) is 12.0. The number of hydrogen-bond acceptors (Lipinski definition) is 3. The molecule has 0 fully saturated rings. The Bertz CT molecular complexity index is 632. The minimum absolute atomic E-state index is 0.498. The molecule has 0 radical (unpaired) electrons. The van der Waals surface area contributed by atoms with Crippen LogP contribution in [0.3, 0.4) is 0 Å². The molecule has 3 nitrogen and oxygen atoms in total. The van der Waals surface area contributed by atoms with Gasteiger partial charge in [0.05, 0.1) is 0 Å². The van der Waals surface area contributed by atoms with Crippen LogP contribution < -0.4 is 0 Å². The summed E-state index contributed by atoms with van der Waals surface area (Å²) in [5.41, 5.74) is 1.76. The van der Waals surface area contributed by atoms with Gasteiger partial charge in [-0.15, -0.1) is 0 Å². The number of nitrogens with zero attached hydrogens (tertiary/aromatic N) is 2. The largest absolute Gasteiger partial charge is 0.334 e. The standard InChI is InChI=1S/C14H8BrClN2O/c15-11-5-1-10(2-6-11)14-17-13(18-19-14)9-3-7-12(16)8-4-9/h1-8H. The fourth-order valence-electron chi connectivity index (χ4n) is 1.65. The highest BCUT2D eigenvalue weighted by molar-refractivity contribution is 9.10. The Labute approximate surface area is 123 Å². The average Bonchev–Trinajstić information content (AvgIpc) is 2.90. The third-order valence-electron chi connectivity index (χ3n) is 2.62. The SMILES string of the molecule is Clc1ccc(-c2noc(-c3ccc(Br)cc3)n2)cc1. The van der Waals surface area contributed by atoms with Gasteiger partial charge in [0.1, 0.15) is 0 Å². The summed E-state index contributed by atoms with van der Waals surface area (Å²) in [7, 11) is 0. The Hall–Kier alpha value is -1.65. The Morgan fingerprint density at radius 3 is 2.21 bits per heavy atom. The lowest BCUT2D eigenvalue weighted by Gasteiger charge is -1.94. The summed E-state index contributed by atoms with van der Waals surface area (Å²) < 4.78 is 6.27. The van der Waals surface area contributed by atoms with Crippen molar-refractivity contribution in [2.45, 2.75) is 0 Å². The zero-order chi connectivity index (χ0) is 13.2. The first kappa shape index (κ1) is 12.4. The molecule has 0 bridgehead atoms. The number of hydrogen-bond donors (Lipinski definition) is 0. The zero-order valence-electron chi connectivity index (χ0n) is 9.68. The first-order chi connectivity index (χ1) is 9.22. The molecule has 0 aliphatic heterocycles. The lowest BCUT2D eigenvalue weighted by Crippen LogP contribution is -1.80. The second-order valence-electron chi connectivity index (χ2n) is 3.94. The van der Waals surface area contributed by atoms with Crippen molar-refractivity contribution in [2.75, 3.05) is 0 Å². The van der Waals surface area contributed by atoms with E-state index in [9.17, 15) is 0 Å². The van der Waals surface area contributed by atoms with Crippen LogP contribution >= 0.6 is 27.5 Å². The maximum atomic E-state index is 5.85. The molecule has 0 spiro atoms. The molecule has 0 saturated heterocycles. The summed E-state index contributed by atoms with van der Waals surface area (Å²) in [6.45, 7) is 0. The molecular formula is C14H8BrClN2O. The van der Waals surface area contributed by atoms with Crippen LogP contribution in [0.15, 0.2) is 57.5 Å². The third kappa shape index (κ3) is 2.69. The van der Waals surface area contributed by atoms with Crippen LogP contribution in [-0.2, 0) is 0 Å². The van der Waals surface area contributed by atoms with Crippen LogP contribution in [0.2, 0.25) is 5.02 Å². The smallest absolute Gasteiger partial charge is 0.258 e. The van der Waals surface area contributed by atoms with E-state index in [0.717, 1.165) is 15.6 Å². The van der Waals surface area contributed by atoms with Crippen molar-refractivity contribution in [3.63, 3.8) is 0 Å². The topological polar surface area (TPSA) is 38.9 Å². The monoisotopic (exact) mass is 334 g/mol. The van der Waals surface area contributed by atoms with Crippen molar-refractivity contribution in [3.05, 3.63) is 58.0 Å². The van der Waals surface area contributed by atoms with E-state index in [1.165, 1.54) is 0 Å². The van der Waals surface area contributed by atoms with Crippen molar-refractivity contribution >= 4 is 27.5 Å². The fourth-order valence-corrected chi connectivity index (χ4v) is 2.04. The van der Waals surface area contributed by atoms with Gasteiger partial charge in [0.15, 0.2) is 0 Å². The van der Waals surface area contributed by atoms with Crippen molar-refractivity contribution in [1.29, 1.82) is 0 Å². The Morgan fingerprint density at radius 2 is 1.53 bits per heavy atom. The first-order valence-corrected chi connectivity index (χ1v) is 6.75. The van der Waals surface area contributed by atoms with Gasteiger partial charge in [0.25, 0.3) is 5.89 Å². The Morgan fingerprint density at radius 1 is 0.895 bits per heavy atom. The van der Waals surface area contributed by atoms with E-state index in [1.807, 2.05) is 36.4 Å². The van der Waals surface area contributed by atoms with Gasteiger partial charge in [-0.25, -0.2) is 0 Å². The van der Waals surface area contributed by atoms with Gasteiger partial charge in [0.2, 0.25) is 5.82 Å². The molecule has 5 heteroatoms. The van der Waals surface area contributed by atoms with Gasteiger partial charge >= 0.3 is 0 Å². The van der Waals surface area contributed by atoms with E-state index in [1.54, 1.807) is 12.1 Å². The maximum Gasteiger partial charge on any atom is 0.258 e. The van der Waals surface area contributed by atoms with E-state index < -0.39 is 0 Å². The predicted molar refractivity (Wildman–Crippen MR) is 77.9 cm³/mol. The van der Waals surface area contributed by atoms with Crippen molar-refractivity contribution in [3.8, 4) is 22.8 Å². The molecule has 0 amide bonds. The van der Waals surface area contributed by atoms with E-state index in [-0.39, 0.29) is 0 Å². The van der Waals surface area contributed by atoms with Crippen molar-refractivity contribution in [1.82, 2.24) is 10.1 Å². The molecule has 3 aromatic rings. The molecule has 0 saturated carbocycles. The molecule has 0 N–H and O–H groups in total. The van der Waals surface area contributed by atoms with Crippen molar-refractivity contribution in [2.24, 2.45) is 0 Å². The molecule has 3 rings (SSSR count). The Kier molecular flexibility index (Phi) is 3.36. The van der Waals surface area contributed by atoms with Crippen LogP contribution in [0.5, 0.6) is 0 Å². The highest BCUT2D eigenvalue weighted by Crippen LogP contribution is 2.24. The lowest BCUT2D eigenvalue weighted by atomic mass is 10.2. The maximum absolute atomic E-state index is 5.85. The number of halogens is 2. The van der Waals surface area contributed by atoms with E-state index >= 15 is 0 Å². The van der Waals surface area contributed by atoms with Crippen LogP contribution in [0.4, 0.5) is 0 Å². The molecule has 2 aromatic carbocycles. The summed E-state index contributed by atoms with van der Waals surface area (Å²) in [4.78, 5) is 4.37. The van der Waals surface area contributed by atoms with Crippen LogP contribution in [0.25, 0.3) is 22.8 Å². The normalized spacial score (nSPS) is 10.6. The summed E-state index contributed by atoms with van der Waals surface area (Å²) >= 11 is 9.23. The first-order valence-electron chi connectivity index (χ1n) is 5.58. The second kappa shape index (κ2) is 5.15. The van der Waals surface area contributed by atoms with Gasteiger partial charge in [-0.2, -0.15) is 4.98 Å². The lowest BCUT2D eigenvalue weighted by molar-refractivity contribution is 0.432. The molecule has 0 aliphatic rings. The van der Waals surface area contributed by atoms with E-state index in [2.05, 4.69) is 26.1 Å². The number of rotatable bonds is 2. The molecule has 94 valence electrons. The third-order valence-corrected chi connectivity index (χ3v) is 3.40. The summed E-state index contributed by atoms with van der Waals surface area (Å²) in [6, 6.07) is 15.0. The summed E-state index contributed by atoms with van der Waals surface area (Å²) in [5.74, 6) is 1.05. The Balaban J connectivity index is 1.95. The van der Waals surface area contributed by atoms with Gasteiger partial charge in [-0.05, 0) is 48.5 Å². The number of benzene rings is 2. The second-order valence-corrected chi connectivity index (χ2v) is 5.29. The molecule has 1 aromatic heterocycles. The minimum atomic E-state index is 0.498. The quantitative estimate of drug-likeness (QED) is 0.674. The average molecular weight is 336 g/mol. The molecule has 0 atom stereocenters. The van der Waals surface area contributed by atoms with Gasteiger partial charge in [-0.3, -0.25) is 0 Å². The van der Waals surface area contributed by atoms with Gasteiger partial charge in [-0.1, -0.05) is 32.7 Å². The molecule has 0 aliphatic carbocycles. The van der Waals surface area contributed by atoms with Gasteiger partial charge < -0.3 is 4.52 Å². The van der Waals surface area contributed by atoms with Crippen LogP contribution in [-0.4, -0.2) is 10.1 Å². The van der Waals surface area contributed by atoms with E-state index in [4.69, 9.17) is 16.1 Å². The van der Waals surface area contributed by atoms with E-state index in [0.29, 0.717) is 16.7 Å². The predicted octanol–water partition coefficient (Wildman–Crippen LogP) is 4.82. The molecule has 0 unspecified atom stereocenters.